The topological polar surface area (TPSA) is 47.6 Å². The van der Waals surface area contributed by atoms with Crippen LogP contribution in [-0.4, -0.2) is 18.6 Å². The van der Waals surface area contributed by atoms with E-state index in [0.29, 0.717) is 35.2 Å². The number of ether oxygens (including phenoxy) is 2. The van der Waals surface area contributed by atoms with Crippen molar-refractivity contribution in [1.82, 2.24) is 0 Å². The maximum Gasteiger partial charge on any atom is 0.265 e. The average Bonchev–Trinajstić information content (AvgIpc) is 2.59. The van der Waals surface area contributed by atoms with Crippen molar-refractivity contribution in [2.75, 3.05) is 11.9 Å². The van der Waals surface area contributed by atoms with Crippen LogP contribution in [0.4, 0.5) is 5.69 Å². The maximum atomic E-state index is 12.4. The molecule has 5 heteroatoms. The van der Waals surface area contributed by atoms with Crippen molar-refractivity contribution in [1.29, 1.82) is 0 Å². The van der Waals surface area contributed by atoms with Gasteiger partial charge in [-0.1, -0.05) is 49.4 Å². The highest BCUT2D eigenvalue weighted by molar-refractivity contribution is 6.32. The lowest BCUT2D eigenvalue weighted by atomic mass is 10.2. The zero-order chi connectivity index (χ0) is 17.4. The first-order valence-electron chi connectivity index (χ1n) is 7.69. The highest BCUT2D eigenvalue weighted by atomic mass is 35.5. The second-order valence-electron chi connectivity index (χ2n) is 5.06. The fraction of sp³-hybridized carbons (Fsp3) is 0.211. The molecule has 2 aromatic carbocycles. The highest BCUT2D eigenvalue weighted by Gasteiger charge is 2.19. The van der Waals surface area contributed by atoms with Crippen LogP contribution in [0.3, 0.4) is 0 Å². The molecule has 0 heterocycles. The predicted molar refractivity (Wildman–Crippen MR) is 96.9 cm³/mol. The number of nitrogens with one attached hydrogen (secondary N) is 1. The van der Waals surface area contributed by atoms with Crippen LogP contribution in [0.15, 0.2) is 61.2 Å². The van der Waals surface area contributed by atoms with Gasteiger partial charge >= 0.3 is 0 Å². The van der Waals surface area contributed by atoms with Crippen LogP contribution in [0, 0.1) is 0 Å². The molecule has 4 nitrogen and oxygen atoms in total. The minimum absolute atomic E-state index is 0.238. The number of anilines is 1. The van der Waals surface area contributed by atoms with Crippen LogP contribution in [0.1, 0.15) is 13.3 Å². The lowest BCUT2D eigenvalue weighted by Crippen LogP contribution is -2.32. The van der Waals surface area contributed by atoms with Crippen LogP contribution in [0.5, 0.6) is 11.5 Å². The summed E-state index contributed by atoms with van der Waals surface area (Å²) < 4.78 is 11.2. The average molecular weight is 346 g/mol. The van der Waals surface area contributed by atoms with E-state index in [-0.39, 0.29) is 5.91 Å². The third-order valence-electron chi connectivity index (χ3n) is 3.24. The van der Waals surface area contributed by atoms with E-state index < -0.39 is 6.10 Å². The van der Waals surface area contributed by atoms with Gasteiger partial charge in [0.25, 0.3) is 5.91 Å². The van der Waals surface area contributed by atoms with Gasteiger partial charge in [0.2, 0.25) is 0 Å². The Morgan fingerprint density at radius 1 is 1.29 bits per heavy atom. The molecule has 0 aliphatic carbocycles. The fourth-order valence-corrected chi connectivity index (χ4v) is 2.24. The number of para-hydroxylation sites is 1. The van der Waals surface area contributed by atoms with Gasteiger partial charge in [-0.2, -0.15) is 0 Å². The van der Waals surface area contributed by atoms with E-state index in [9.17, 15) is 4.79 Å². The number of amides is 1. The van der Waals surface area contributed by atoms with E-state index in [2.05, 4.69) is 11.9 Å². The van der Waals surface area contributed by atoms with E-state index in [1.807, 2.05) is 31.2 Å². The SMILES string of the molecule is C=CCOc1cccc(NC(=O)[C@H](CC)Oc2ccccc2Cl)c1. The molecule has 2 aromatic rings. The summed E-state index contributed by atoms with van der Waals surface area (Å²) in [6.45, 7) is 5.89. The summed E-state index contributed by atoms with van der Waals surface area (Å²) in [5.74, 6) is 0.912. The first kappa shape index (κ1) is 17.9. The van der Waals surface area contributed by atoms with Crippen LogP contribution >= 0.6 is 11.6 Å². The zero-order valence-electron chi connectivity index (χ0n) is 13.5. The molecule has 1 amide bonds. The molecule has 1 N–H and O–H groups in total. The van der Waals surface area contributed by atoms with Gasteiger partial charge in [0.15, 0.2) is 6.10 Å². The molecule has 0 unspecified atom stereocenters. The quantitative estimate of drug-likeness (QED) is 0.705. The molecule has 0 bridgehead atoms. The molecule has 1 atom stereocenters. The summed E-state index contributed by atoms with van der Waals surface area (Å²) in [5, 5.41) is 3.31. The molecular weight excluding hydrogens is 326 g/mol. The molecule has 0 radical (unpaired) electrons. The predicted octanol–water partition coefficient (Wildman–Crippen LogP) is 4.70. The highest BCUT2D eigenvalue weighted by Crippen LogP contribution is 2.25. The third-order valence-corrected chi connectivity index (χ3v) is 3.55. The third kappa shape index (κ3) is 5.03. The Morgan fingerprint density at radius 2 is 2.08 bits per heavy atom. The maximum absolute atomic E-state index is 12.4. The summed E-state index contributed by atoms with van der Waals surface area (Å²) in [4.78, 5) is 12.4. The lowest BCUT2D eigenvalue weighted by molar-refractivity contribution is -0.122. The molecular formula is C19H20ClNO3. The van der Waals surface area contributed by atoms with Gasteiger partial charge in [-0.3, -0.25) is 4.79 Å². The van der Waals surface area contributed by atoms with Gasteiger partial charge < -0.3 is 14.8 Å². The van der Waals surface area contributed by atoms with Crippen molar-refractivity contribution in [2.45, 2.75) is 19.4 Å². The Bertz CT molecular complexity index is 703. The minimum Gasteiger partial charge on any atom is -0.489 e. The van der Waals surface area contributed by atoms with E-state index in [1.165, 1.54) is 0 Å². The molecule has 0 aliphatic rings. The minimum atomic E-state index is -0.636. The van der Waals surface area contributed by atoms with Crippen LogP contribution < -0.4 is 14.8 Å². The number of carbonyl (C=O) groups excluding carboxylic acids is 1. The first-order valence-corrected chi connectivity index (χ1v) is 8.07. The van der Waals surface area contributed by atoms with Gasteiger partial charge in [-0.05, 0) is 30.7 Å². The van der Waals surface area contributed by atoms with Gasteiger partial charge in [0.1, 0.15) is 18.1 Å². The van der Waals surface area contributed by atoms with Crippen molar-refractivity contribution in [3.63, 3.8) is 0 Å². The number of hydrogen-bond acceptors (Lipinski definition) is 3. The summed E-state index contributed by atoms with van der Waals surface area (Å²) in [7, 11) is 0. The van der Waals surface area contributed by atoms with E-state index in [1.54, 1.807) is 30.3 Å². The van der Waals surface area contributed by atoms with Crippen LogP contribution in [0.25, 0.3) is 0 Å². The molecule has 24 heavy (non-hydrogen) atoms. The molecule has 0 saturated heterocycles. The monoisotopic (exact) mass is 345 g/mol. The molecule has 0 saturated carbocycles. The Hall–Kier alpha value is -2.46. The van der Waals surface area contributed by atoms with Crippen LogP contribution in [-0.2, 0) is 4.79 Å². The van der Waals surface area contributed by atoms with Crippen molar-refractivity contribution in [3.8, 4) is 11.5 Å². The summed E-state index contributed by atoms with van der Waals surface area (Å²) in [5.41, 5.74) is 0.641. The van der Waals surface area contributed by atoms with Gasteiger partial charge in [0.05, 0.1) is 5.02 Å². The molecule has 126 valence electrons. The molecule has 0 fully saturated rings. The van der Waals surface area contributed by atoms with E-state index in [0.717, 1.165) is 0 Å². The largest absolute Gasteiger partial charge is 0.489 e. The second kappa shape index (κ2) is 8.99. The Morgan fingerprint density at radius 3 is 2.79 bits per heavy atom. The Labute approximate surface area is 147 Å². The van der Waals surface area contributed by atoms with Crippen molar-refractivity contribution >= 4 is 23.2 Å². The lowest BCUT2D eigenvalue weighted by Gasteiger charge is -2.18. The summed E-state index contributed by atoms with van der Waals surface area (Å²) in [6.07, 6.45) is 1.54. The number of benzene rings is 2. The second-order valence-corrected chi connectivity index (χ2v) is 5.47. The van der Waals surface area contributed by atoms with E-state index in [4.69, 9.17) is 21.1 Å². The Kier molecular flexibility index (Phi) is 6.70. The van der Waals surface area contributed by atoms with Crippen LogP contribution in [0.2, 0.25) is 5.02 Å². The standard InChI is InChI=1S/C19H20ClNO3/c1-3-12-23-15-9-7-8-14(13-15)21-19(22)17(4-2)24-18-11-6-5-10-16(18)20/h3,5-11,13,17H,1,4,12H2,2H3,(H,21,22)/t17-/m0/s1. The molecule has 0 spiro atoms. The number of rotatable bonds is 8. The fourth-order valence-electron chi connectivity index (χ4n) is 2.06. The normalized spacial score (nSPS) is 11.4. The molecule has 2 rings (SSSR count). The molecule has 0 aliphatic heterocycles. The smallest absolute Gasteiger partial charge is 0.265 e. The van der Waals surface area contributed by atoms with Gasteiger partial charge in [-0.15, -0.1) is 0 Å². The van der Waals surface area contributed by atoms with E-state index >= 15 is 0 Å². The number of hydrogen-bond donors (Lipinski definition) is 1. The number of halogens is 1. The van der Waals surface area contributed by atoms with Gasteiger partial charge in [-0.25, -0.2) is 0 Å². The van der Waals surface area contributed by atoms with Crippen molar-refractivity contribution < 1.29 is 14.3 Å². The first-order chi connectivity index (χ1) is 11.6. The van der Waals surface area contributed by atoms with Gasteiger partial charge in [0, 0.05) is 11.8 Å². The zero-order valence-corrected chi connectivity index (χ0v) is 14.3. The number of carbonyl (C=O) groups is 1. The molecule has 0 aromatic heterocycles. The summed E-state index contributed by atoms with van der Waals surface area (Å²) in [6, 6.07) is 14.3. The Balaban J connectivity index is 2.04. The van der Waals surface area contributed by atoms with Crippen molar-refractivity contribution in [3.05, 3.63) is 66.2 Å². The summed E-state index contributed by atoms with van der Waals surface area (Å²) >= 11 is 6.08. The van der Waals surface area contributed by atoms with Crippen molar-refractivity contribution in [2.24, 2.45) is 0 Å².